The molecule has 0 amide bonds. The van der Waals surface area contributed by atoms with Crippen molar-refractivity contribution in [1.82, 2.24) is 4.90 Å². The van der Waals surface area contributed by atoms with Gasteiger partial charge in [-0.05, 0) is 117 Å². The van der Waals surface area contributed by atoms with Crippen molar-refractivity contribution in [3.63, 3.8) is 0 Å². The van der Waals surface area contributed by atoms with Crippen LogP contribution in [0, 0.1) is 0 Å². The number of carbonyl (C=O) groups is 2. The first-order valence-corrected chi connectivity index (χ1v) is 24.9. The molecular weight excluding hydrogens is 703 g/mol. The van der Waals surface area contributed by atoms with E-state index in [1.54, 1.807) is 0 Å². The summed E-state index contributed by atoms with van der Waals surface area (Å²) in [5.41, 5.74) is 1.30. The first kappa shape index (κ1) is 55.1. The Kier molecular flexibility index (Phi) is 43.7. The molecule has 0 aromatic rings. The molecule has 0 aromatic carbocycles. The van der Waals surface area contributed by atoms with E-state index in [0.29, 0.717) is 13.0 Å². The third kappa shape index (κ3) is 43.5. The zero-order valence-corrected chi connectivity index (χ0v) is 38.9. The predicted octanol–water partition coefficient (Wildman–Crippen LogP) is 16.1. The molecule has 1 atom stereocenters. The minimum absolute atomic E-state index is 0.0322. The first-order valence-electron chi connectivity index (χ1n) is 24.9. The SMILES string of the molecule is CCCCC/C=C\C/C=C\CCCCCCCCC(CCCCCCCOC(=O)/C=C(\CCCCCCC)CCCCCCCCCC)OC(=O)CCCN(C)C. The van der Waals surface area contributed by atoms with Gasteiger partial charge in [0.1, 0.15) is 6.10 Å². The van der Waals surface area contributed by atoms with E-state index >= 15 is 0 Å². The highest BCUT2D eigenvalue weighted by atomic mass is 16.5. The van der Waals surface area contributed by atoms with E-state index < -0.39 is 0 Å². The van der Waals surface area contributed by atoms with E-state index in [4.69, 9.17) is 9.47 Å². The molecule has 0 rings (SSSR count). The normalized spacial score (nSPS) is 12.7. The maximum absolute atomic E-state index is 12.7. The summed E-state index contributed by atoms with van der Waals surface area (Å²) < 4.78 is 11.7. The second kappa shape index (κ2) is 45.2. The van der Waals surface area contributed by atoms with Crippen LogP contribution in [-0.2, 0) is 19.1 Å². The summed E-state index contributed by atoms with van der Waals surface area (Å²) in [7, 11) is 4.10. The standard InChI is InChI=1S/C52H97NO4/c1-6-9-12-15-17-19-20-21-22-23-24-25-26-28-32-37-43-50(57-51(54)45-40-46-53(4)5)44-38-33-29-34-39-47-56-52(55)48-49(41-35-30-14-11-8-3)42-36-31-27-18-16-13-10-7-2/h17,19,21-22,48,50H,6-16,18,20,23-47H2,1-5H3/b19-17-,22-21-,49-48+. The van der Waals surface area contributed by atoms with Gasteiger partial charge in [-0.2, -0.15) is 0 Å². The first-order chi connectivity index (χ1) is 27.9. The maximum Gasteiger partial charge on any atom is 0.330 e. The van der Waals surface area contributed by atoms with Crippen LogP contribution < -0.4 is 0 Å². The number of esters is 2. The summed E-state index contributed by atoms with van der Waals surface area (Å²) in [6, 6.07) is 0. The van der Waals surface area contributed by atoms with Crippen LogP contribution in [0.25, 0.3) is 0 Å². The van der Waals surface area contributed by atoms with Crippen LogP contribution >= 0.6 is 0 Å². The van der Waals surface area contributed by atoms with E-state index in [0.717, 1.165) is 83.6 Å². The zero-order chi connectivity index (χ0) is 41.7. The molecule has 0 saturated carbocycles. The third-order valence-electron chi connectivity index (χ3n) is 11.2. The molecule has 0 aliphatic rings. The number of ether oxygens (including phenoxy) is 2. The molecule has 5 heteroatoms. The van der Waals surface area contributed by atoms with Gasteiger partial charge in [-0.1, -0.05) is 179 Å². The number of rotatable bonds is 44. The molecule has 0 radical (unpaired) electrons. The van der Waals surface area contributed by atoms with Gasteiger partial charge in [-0.15, -0.1) is 0 Å². The quantitative estimate of drug-likeness (QED) is 0.0266. The minimum atomic E-state index is -0.141. The Labute approximate surface area is 356 Å². The van der Waals surface area contributed by atoms with E-state index in [9.17, 15) is 9.59 Å². The Hall–Kier alpha value is -1.88. The Morgan fingerprint density at radius 3 is 1.46 bits per heavy atom. The summed E-state index contributed by atoms with van der Waals surface area (Å²) in [5.74, 6) is -0.173. The van der Waals surface area contributed by atoms with Gasteiger partial charge >= 0.3 is 11.9 Å². The van der Waals surface area contributed by atoms with Crippen LogP contribution in [0.2, 0.25) is 0 Å². The fourth-order valence-corrected chi connectivity index (χ4v) is 7.50. The van der Waals surface area contributed by atoms with Gasteiger partial charge in [0.05, 0.1) is 6.61 Å². The zero-order valence-electron chi connectivity index (χ0n) is 38.9. The largest absolute Gasteiger partial charge is 0.463 e. The van der Waals surface area contributed by atoms with Crippen LogP contribution in [0.5, 0.6) is 0 Å². The van der Waals surface area contributed by atoms with Gasteiger partial charge in [0.25, 0.3) is 0 Å². The molecule has 0 saturated heterocycles. The van der Waals surface area contributed by atoms with Crippen LogP contribution in [0.1, 0.15) is 252 Å². The topological polar surface area (TPSA) is 55.8 Å². The van der Waals surface area contributed by atoms with Crippen molar-refractivity contribution in [2.45, 2.75) is 258 Å². The fourth-order valence-electron chi connectivity index (χ4n) is 7.50. The lowest BCUT2D eigenvalue weighted by Gasteiger charge is -2.18. The van der Waals surface area contributed by atoms with Crippen molar-refractivity contribution < 1.29 is 19.1 Å². The van der Waals surface area contributed by atoms with Gasteiger partial charge in [0.2, 0.25) is 0 Å². The number of nitrogens with zero attached hydrogens (tertiary/aromatic N) is 1. The molecule has 0 fully saturated rings. The molecule has 0 aliphatic carbocycles. The van der Waals surface area contributed by atoms with Gasteiger partial charge < -0.3 is 14.4 Å². The smallest absolute Gasteiger partial charge is 0.330 e. The van der Waals surface area contributed by atoms with Crippen molar-refractivity contribution in [2.24, 2.45) is 0 Å². The van der Waals surface area contributed by atoms with Crippen LogP contribution in [0.4, 0.5) is 0 Å². The Balaban J connectivity index is 4.41. The molecule has 5 nitrogen and oxygen atoms in total. The van der Waals surface area contributed by atoms with Gasteiger partial charge in [-0.25, -0.2) is 4.79 Å². The number of carbonyl (C=O) groups excluding carboxylic acids is 2. The minimum Gasteiger partial charge on any atom is -0.463 e. The molecule has 0 spiro atoms. The molecular formula is C52H97NO4. The highest BCUT2D eigenvalue weighted by Gasteiger charge is 2.14. The van der Waals surface area contributed by atoms with E-state index in [-0.39, 0.29) is 18.0 Å². The van der Waals surface area contributed by atoms with E-state index in [1.807, 2.05) is 20.2 Å². The number of hydrogen-bond donors (Lipinski definition) is 0. The van der Waals surface area contributed by atoms with Crippen molar-refractivity contribution in [3.05, 3.63) is 36.0 Å². The van der Waals surface area contributed by atoms with Crippen LogP contribution in [0.15, 0.2) is 36.0 Å². The van der Waals surface area contributed by atoms with Gasteiger partial charge in [-0.3, -0.25) is 4.79 Å². The molecule has 334 valence electrons. The Bertz CT molecular complexity index is 954. The average Bonchev–Trinajstić information content (AvgIpc) is 3.19. The monoisotopic (exact) mass is 800 g/mol. The van der Waals surface area contributed by atoms with Gasteiger partial charge in [0, 0.05) is 12.5 Å². The Morgan fingerprint density at radius 2 is 0.930 bits per heavy atom. The average molecular weight is 800 g/mol. The van der Waals surface area contributed by atoms with Gasteiger partial charge in [0.15, 0.2) is 0 Å². The molecule has 0 aromatic heterocycles. The number of hydrogen-bond acceptors (Lipinski definition) is 5. The highest BCUT2D eigenvalue weighted by molar-refractivity contribution is 5.82. The number of allylic oxidation sites excluding steroid dienone is 5. The molecule has 0 aliphatic heterocycles. The maximum atomic E-state index is 12.7. The lowest BCUT2D eigenvalue weighted by molar-refractivity contribution is -0.150. The van der Waals surface area contributed by atoms with Crippen molar-refractivity contribution in [2.75, 3.05) is 27.2 Å². The summed E-state index contributed by atoms with van der Waals surface area (Å²) in [6.45, 7) is 8.21. The summed E-state index contributed by atoms with van der Waals surface area (Å²) in [4.78, 5) is 27.5. The molecule has 0 N–H and O–H groups in total. The second-order valence-electron chi connectivity index (χ2n) is 17.3. The van der Waals surface area contributed by atoms with E-state index in [1.165, 1.54) is 153 Å². The fraction of sp³-hybridized carbons (Fsp3) is 0.846. The lowest BCUT2D eigenvalue weighted by atomic mass is 9.99. The third-order valence-corrected chi connectivity index (χ3v) is 11.2. The van der Waals surface area contributed by atoms with Crippen molar-refractivity contribution >= 4 is 11.9 Å². The summed E-state index contributed by atoms with van der Waals surface area (Å²) in [5, 5.41) is 0. The molecule has 1 unspecified atom stereocenters. The predicted molar refractivity (Wildman–Crippen MR) is 249 cm³/mol. The lowest BCUT2D eigenvalue weighted by Crippen LogP contribution is -2.20. The molecule has 0 heterocycles. The molecule has 0 bridgehead atoms. The summed E-state index contributed by atoms with van der Waals surface area (Å²) >= 11 is 0. The van der Waals surface area contributed by atoms with E-state index in [2.05, 4.69) is 50.0 Å². The number of unbranched alkanes of at least 4 members (excludes halogenated alkanes) is 24. The highest BCUT2D eigenvalue weighted by Crippen LogP contribution is 2.20. The Morgan fingerprint density at radius 1 is 0.491 bits per heavy atom. The van der Waals surface area contributed by atoms with Crippen LogP contribution in [0.3, 0.4) is 0 Å². The second-order valence-corrected chi connectivity index (χ2v) is 17.3. The van der Waals surface area contributed by atoms with Crippen molar-refractivity contribution in [3.8, 4) is 0 Å². The van der Waals surface area contributed by atoms with Crippen molar-refractivity contribution in [1.29, 1.82) is 0 Å². The van der Waals surface area contributed by atoms with Crippen LogP contribution in [-0.4, -0.2) is 50.2 Å². The summed E-state index contributed by atoms with van der Waals surface area (Å²) in [6.07, 6.45) is 53.7. The molecule has 57 heavy (non-hydrogen) atoms.